The molecule has 2 aromatic heterocycles. The molecule has 4 rings (SSSR count). The van der Waals surface area contributed by atoms with Crippen molar-refractivity contribution in [1.82, 2.24) is 4.57 Å². The van der Waals surface area contributed by atoms with E-state index in [1.165, 1.54) is 11.3 Å². The van der Waals surface area contributed by atoms with Gasteiger partial charge in [-0.25, -0.2) is 9.79 Å². The summed E-state index contributed by atoms with van der Waals surface area (Å²) in [6.45, 7) is 6.42. The summed E-state index contributed by atoms with van der Waals surface area (Å²) in [5.74, 6) is -0.246. The molecule has 1 aliphatic rings. The second-order valence-electron chi connectivity index (χ2n) is 7.51. The molecular formula is C24H25BrN2O2S. The van der Waals surface area contributed by atoms with Crippen LogP contribution in [0.25, 0.3) is 5.69 Å². The smallest absolute Gasteiger partial charge is 0.341 e. The van der Waals surface area contributed by atoms with Crippen LogP contribution in [0.15, 0.2) is 39.8 Å². The van der Waals surface area contributed by atoms with Gasteiger partial charge >= 0.3 is 5.97 Å². The number of hydrogen-bond acceptors (Lipinski definition) is 4. The van der Waals surface area contributed by atoms with E-state index in [4.69, 9.17) is 9.73 Å². The van der Waals surface area contributed by atoms with E-state index in [0.717, 1.165) is 56.9 Å². The molecule has 0 atom stereocenters. The molecule has 0 aliphatic heterocycles. The Morgan fingerprint density at radius 3 is 2.70 bits per heavy atom. The van der Waals surface area contributed by atoms with E-state index in [9.17, 15) is 4.79 Å². The number of thiophene rings is 1. The fourth-order valence-corrected chi connectivity index (χ4v) is 5.58. The molecule has 30 heavy (non-hydrogen) atoms. The van der Waals surface area contributed by atoms with Crippen LogP contribution in [0.1, 0.15) is 57.5 Å². The molecule has 2 heterocycles. The lowest BCUT2D eigenvalue weighted by molar-refractivity contribution is 0.0526. The second kappa shape index (κ2) is 8.90. The van der Waals surface area contributed by atoms with Crippen molar-refractivity contribution >= 4 is 44.5 Å². The summed E-state index contributed by atoms with van der Waals surface area (Å²) in [5.41, 5.74) is 6.26. The van der Waals surface area contributed by atoms with Gasteiger partial charge in [-0.05, 0) is 82.3 Å². The Hall–Kier alpha value is -2.18. The second-order valence-corrected chi connectivity index (χ2v) is 9.51. The topological polar surface area (TPSA) is 43.6 Å². The van der Waals surface area contributed by atoms with E-state index in [1.54, 1.807) is 11.3 Å². The first-order valence-corrected chi connectivity index (χ1v) is 11.9. The highest BCUT2D eigenvalue weighted by Gasteiger charge is 2.26. The van der Waals surface area contributed by atoms with Crippen LogP contribution in [-0.2, 0) is 17.6 Å². The van der Waals surface area contributed by atoms with Gasteiger partial charge in [-0.1, -0.05) is 15.9 Å². The Balaban J connectivity index is 1.71. The van der Waals surface area contributed by atoms with Crippen molar-refractivity contribution in [3.8, 4) is 5.69 Å². The quantitative estimate of drug-likeness (QED) is 0.297. The lowest BCUT2D eigenvalue weighted by atomic mass is 9.95. The maximum atomic E-state index is 12.7. The molecule has 0 radical (unpaired) electrons. The summed E-state index contributed by atoms with van der Waals surface area (Å²) in [7, 11) is 0. The first-order chi connectivity index (χ1) is 14.5. The van der Waals surface area contributed by atoms with Gasteiger partial charge in [-0.15, -0.1) is 11.3 Å². The molecule has 4 nitrogen and oxygen atoms in total. The molecule has 0 N–H and O–H groups in total. The van der Waals surface area contributed by atoms with Crippen LogP contribution in [-0.4, -0.2) is 23.4 Å². The minimum atomic E-state index is -0.246. The third-order valence-corrected chi connectivity index (χ3v) is 7.24. The van der Waals surface area contributed by atoms with E-state index in [2.05, 4.69) is 52.5 Å². The van der Waals surface area contributed by atoms with Crippen molar-refractivity contribution in [3.63, 3.8) is 0 Å². The van der Waals surface area contributed by atoms with E-state index >= 15 is 0 Å². The molecule has 0 saturated heterocycles. The van der Waals surface area contributed by atoms with Gasteiger partial charge in [0, 0.05) is 38.2 Å². The summed E-state index contributed by atoms with van der Waals surface area (Å²) in [6.07, 6.45) is 6.15. The van der Waals surface area contributed by atoms with Gasteiger partial charge < -0.3 is 9.30 Å². The van der Waals surface area contributed by atoms with E-state index in [-0.39, 0.29) is 5.97 Å². The number of ether oxygens (including phenoxy) is 1. The normalized spacial score (nSPS) is 13.6. The van der Waals surface area contributed by atoms with Gasteiger partial charge in [0.05, 0.1) is 12.2 Å². The van der Waals surface area contributed by atoms with Crippen molar-refractivity contribution < 1.29 is 9.53 Å². The predicted molar refractivity (Wildman–Crippen MR) is 127 cm³/mol. The number of carbonyl (C=O) groups excluding carboxylic acids is 1. The zero-order valence-electron chi connectivity index (χ0n) is 17.5. The Morgan fingerprint density at radius 1 is 1.23 bits per heavy atom. The molecule has 1 aromatic carbocycles. The zero-order valence-corrected chi connectivity index (χ0v) is 19.9. The summed E-state index contributed by atoms with van der Waals surface area (Å²) in [6, 6.07) is 10.4. The molecular weight excluding hydrogens is 460 g/mol. The van der Waals surface area contributed by atoms with Gasteiger partial charge in [0.25, 0.3) is 0 Å². The average Bonchev–Trinajstić information content (AvgIpc) is 3.24. The van der Waals surface area contributed by atoms with Crippen LogP contribution in [0, 0.1) is 13.8 Å². The molecule has 6 heteroatoms. The monoisotopic (exact) mass is 484 g/mol. The fraction of sp³-hybridized carbons (Fsp3) is 0.333. The Kier molecular flexibility index (Phi) is 6.25. The van der Waals surface area contributed by atoms with E-state index in [0.29, 0.717) is 12.2 Å². The number of fused-ring (bicyclic) bond motifs is 1. The Bertz CT molecular complexity index is 1110. The highest BCUT2D eigenvalue weighted by Crippen LogP contribution is 2.40. The number of aryl methyl sites for hydroxylation is 2. The number of nitrogens with zero attached hydrogens (tertiary/aromatic N) is 2. The number of halogens is 1. The molecule has 1 aliphatic carbocycles. The minimum absolute atomic E-state index is 0.246. The maximum absolute atomic E-state index is 12.7. The molecule has 156 valence electrons. The van der Waals surface area contributed by atoms with Gasteiger partial charge in [-0.2, -0.15) is 0 Å². The SMILES string of the molecule is CCOC(=O)c1c(N=Cc2cc(C)n(-c3ccc(Br)cc3)c2C)sc2c1CCCC2. The van der Waals surface area contributed by atoms with Crippen LogP contribution in [0.5, 0.6) is 0 Å². The summed E-state index contributed by atoms with van der Waals surface area (Å²) in [5, 5.41) is 0.772. The fourth-order valence-electron chi connectivity index (χ4n) is 4.09. The van der Waals surface area contributed by atoms with Crippen LogP contribution in [0.4, 0.5) is 5.00 Å². The Morgan fingerprint density at radius 2 is 1.97 bits per heavy atom. The predicted octanol–water partition coefficient (Wildman–Crippen LogP) is 6.72. The summed E-state index contributed by atoms with van der Waals surface area (Å²) >= 11 is 5.14. The molecule has 3 aromatic rings. The molecule has 0 amide bonds. The van der Waals surface area contributed by atoms with Crippen molar-refractivity contribution in [2.24, 2.45) is 4.99 Å². The van der Waals surface area contributed by atoms with Gasteiger partial charge in [0.1, 0.15) is 5.00 Å². The highest BCUT2D eigenvalue weighted by molar-refractivity contribution is 9.10. The molecule has 0 spiro atoms. The number of rotatable bonds is 5. The standard InChI is InChI=1S/C24H25BrN2O2S/c1-4-29-24(28)22-20-7-5-6-8-21(20)30-23(22)26-14-17-13-15(2)27(16(17)3)19-11-9-18(25)10-12-19/h9-14H,4-8H2,1-3H3. The number of hydrogen-bond donors (Lipinski definition) is 0. The van der Waals surface area contributed by atoms with Gasteiger partial charge in [-0.3, -0.25) is 0 Å². The van der Waals surface area contributed by atoms with Gasteiger partial charge in [0.15, 0.2) is 0 Å². The third-order valence-electron chi connectivity index (χ3n) is 5.51. The maximum Gasteiger partial charge on any atom is 0.341 e. The summed E-state index contributed by atoms with van der Waals surface area (Å²) < 4.78 is 8.63. The summed E-state index contributed by atoms with van der Waals surface area (Å²) in [4.78, 5) is 18.7. The molecule has 0 bridgehead atoms. The van der Waals surface area contributed by atoms with E-state index < -0.39 is 0 Å². The number of esters is 1. The lowest BCUT2D eigenvalue weighted by Gasteiger charge is -2.11. The van der Waals surface area contributed by atoms with Crippen molar-refractivity contribution in [2.75, 3.05) is 6.61 Å². The van der Waals surface area contributed by atoms with Crippen molar-refractivity contribution in [3.05, 3.63) is 67.8 Å². The third kappa shape index (κ3) is 4.03. The number of benzene rings is 1. The number of aromatic nitrogens is 1. The van der Waals surface area contributed by atoms with Crippen LogP contribution in [0.2, 0.25) is 0 Å². The first-order valence-electron chi connectivity index (χ1n) is 10.3. The number of aliphatic imine (C=N–C) groups is 1. The van der Waals surface area contributed by atoms with E-state index in [1.807, 2.05) is 25.3 Å². The minimum Gasteiger partial charge on any atom is -0.462 e. The first kappa shape index (κ1) is 21.1. The lowest BCUT2D eigenvalue weighted by Crippen LogP contribution is -2.09. The van der Waals surface area contributed by atoms with Crippen molar-refractivity contribution in [1.29, 1.82) is 0 Å². The molecule has 0 saturated carbocycles. The van der Waals surface area contributed by atoms with Crippen LogP contribution >= 0.6 is 27.3 Å². The van der Waals surface area contributed by atoms with Crippen LogP contribution < -0.4 is 0 Å². The molecule has 0 fully saturated rings. The highest BCUT2D eigenvalue weighted by atomic mass is 79.9. The van der Waals surface area contributed by atoms with Crippen LogP contribution in [0.3, 0.4) is 0 Å². The zero-order chi connectivity index (χ0) is 21.3. The number of carbonyl (C=O) groups is 1. The van der Waals surface area contributed by atoms with Crippen molar-refractivity contribution in [2.45, 2.75) is 46.5 Å². The van der Waals surface area contributed by atoms with Gasteiger partial charge in [0.2, 0.25) is 0 Å². The molecule has 0 unspecified atom stereocenters. The average molecular weight is 485 g/mol. The Labute approximate surface area is 189 Å². The largest absolute Gasteiger partial charge is 0.462 e.